The number of dihydropyridines is 1. The van der Waals surface area contributed by atoms with Crippen molar-refractivity contribution in [3.8, 4) is 6.07 Å². The van der Waals surface area contributed by atoms with Crippen LogP contribution in [0.5, 0.6) is 0 Å². The van der Waals surface area contributed by atoms with Crippen molar-refractivity contribution in [2.24, 2.45) is 4.99 Å². The van der Waals surface area contributed by atoms with Gasteiger partial charge in [-0.15, -0.1) is 0 Å². The second-order valence-corrected chi connectivity index (χ2v) is 3.94. The fourth-order valence-corrected chi connectivity index (χ4v) is 1.95. The summed E-state index contributed by atoms with van der Waals surface area (Å²) >= 11 is 0. The van der Waals surface area contributed by atoms with Gasteiger partial charge in [0.05, 0.1) is 17.8 Å². The van der Waals surface area contributed by atoms with Gasteiger partial charge in [-0.1, -0.05) is 0 Å². The molecule has 1 N–H and O–H groups in total. The Labute approximate surface area is 94.4 Å². The SMILES string of the molecule is N#CC(C1=NCC(F)C=C1)=C1CCNCC1. The first-order valence-electron chi connectivity index (χ1n) is 5.51. The van der Waals surface area contributed by atoms with E-state index in [0.717, 1.165) is 31.5 Å². The zero-order chi connectivity index (χ0) is 11.4. The van der Waals surface area contributed by atoms with Gasteiger partial charge in [0.1, 0.15) is 12.2 Å². The molecule has 1 fully saturated rings. The molecule has 1 atom stereocenters. The number of piperidine rings is 1. The van der Waals surface area contributed by atoms with Crippen LogP contribution >= 0.6 is 0 Å². The van der Waals surface area contributed by atoms with E-state index in [1.54, 1.807) is 6.08 Å². The standard InChI is InChI=1S/C12H14FN3/c13-10-1-2-12(16-8-10)11(7-14)9-3-5-15-6-4-9/h1-2,10,15H,3-6,8H2. The Morgan fingerprint density at radius 2 is 2.25 bits per heavy atom. The van der Waals surface area contributed by atoms with E-state index in [0.29, 0.717) is 11.3 Å². The molecule has 1 unspecified atom stereocenters. The molecule has 0 amide bonds. The monoisotopic (exact) mass is 219 g/mol. The van der Waals surface area contributed by atoms with E-state index in [-0.39, 0.29) is 6.54 Å². The zero-order valence-electron chi connectivity index (χ0n) is 9.04. The maximum absolute atomic E-state index is 12.9. The smallest absolute Gasteiger partial charge is 0.138 e. The molecule has 16 heavy (non-hydrogen) atoms. The van der Waals surface area contributed by atoms with E-state index in [4.69, 9.17) is 5.26 Å². The van der Waals surface area contributed by atoms with Crippen LogP contribution in [0.4, 0.5) is 4.39 Å². The normalized spacial score (nSPS) is 24.9. The van der Waals surface area contributed by atoms with Gasteiger partial charge in [0.2, 0.25) is 0 Å². The molecule has 0 aromatic heterocycles. The number of nitriles is 1. The fourth-order valence-electron chi connectivity index (χ4n) is 1.95. The molecular formula is C12H14FN3. The van der Waals surface area contributed by atoms with Gasteiger partial charge < -0.3 is 5.32 Å². The van der Waals surface area contributed by atoms with Crippen LogP contribution in [0.15, 0.2) is 28.3 Å². The maximum Gasteiger partial charge on any atom is 0.138 e. The lowest BCUT2D eigenvalue weighted by Crippen LogP contribution is -2.25. The summed E-state index contributed by atoms with van der Waals surface area (Å²) in [5, 5.41) is 12.4. The van der Waals surface area contributed by atoms with E-state index in [2.05, 4.69) is 16.4 Å². The van der Waals surface area contributed by atoms with Gasteiger partial charge in [-0.05, 0) is 43.7 Å². The van der Waals surface area contributed by atoms with Gasteiger partial charge in [-0.2, -0.15) is 5.26 Å². The van der Waals surface area contributed by atoms with E-state index < -0.39 is 6.17 Å². The topological polar surface area (TPSA) is 48.2 Å². The summed E-state index contributed by atoms with van der Waals surface area (Å²) in [7, 11) is 0. The van der Waals surface area contributed by atoms with Crippen LogP contribution in [0.3, 0.4) is 0 Å². The summed E-state index contributed by atoms with van der Waals surface area (Å²) in [5.41, 5.74) is 2.43. The average Bonchev–Trinajstić information content (AvgIpc) is 2.34. The van der Waals surface area contributed by atoms with Crippen molar-refractivity contribution in [1.29, 1.82) is 5.26 Å². The number of allylic oxidation sites excluding steroid dienone is 2. The highest BCUT2D eigenvalue weighted by molar-refractivity contribution is 6.12. The second kappa shape index (κ2) is 5.04. The minimum Gasteiger partial charge on any atom is -0.316 e. The van der Waals surface area contributed by atoms with Crippen LogP contribution in [-0.4, -0.2) is 31.5 Å². The van der Waals surface area contributed by atoms with Crippen molar-refractivity contribution in [2.45, 2.75) is 19.0 Å². The minimum atomic E-state index is -0.998. The van der Waals surface area contributed by atoms with Gasteiger partial charge in [-0.3, -0.25) is 4.99 Å². The molecule has 0 saturated carbocycles. The quantitative estimate of drug-likeness (QED) is 0.680. The van der Waals surface area contributed by atoms with Crippen LogP contribution in [0.25, 0.3) is 0 Å². The predicted molar refractivity (Wildman–Crippen MR) is 61.1 cm³/mol. The number of nitrogens with zero attached hydrogens (tertiary/aromatic N) is 2. The number of alkyl halides is 1. The average molecular weight is 219 g/mol. The van der Waals surface area contributed by atoms with Crippen molar-refractivity contribution in [3.05, 3.63) is 23.3 Å². The Balaban J connectivity index is 2.23. The molecule has 1 saturated heterocycles. The summed E-state index contributed by atoms with van der Waals surface area (Å²) in [4.78, 5) is 4.11. The van der Waals surface area contributed by atoms with Crippen molar-refractivity contribution in [3.63, 3.8) is 0 Å². The minimum absolute atomic E-state index is 0.141. The molecule has 84 valence electrons. The predicted octanol–water partition coefficient (Wildman–Crippen LogP) is 1.54. The highest BCUT2D eigenvalue weighted by Crippen LogP contribution is 2.19. The van der Waals surface area contributed by atoms with Gasteiger partial charge in [0, 0.05) is 0 Å². The van der Waals surface area contributed by atoms with E-state index >= 15 is 0 Å². The molecular weight excluding hydrogens is 205 g/mol. The highest BCUT2D eigenvalue weighted by Gasteiger charge is 2.16. The third kappa shape index (κ3) is 2.37. The van der Waals surface area contributed by atoms with Crippen molar-refractivity contribution in [2.75, 3.05) is 19.6 Å². The van der Waals surface area contributed by atoms with Crippen LogP contribution in [-0.2, 0) is 0 Å². The number of halogens is 1. The van der Waals surface area contributed by atoms with Crippen molar-refractivity contribution >= 4 is 5.71 Å². The van der Waals surface area contributed by atoms with Crippen LogP contribution in [0.2, 0.25) is 0 Å². The van der Waals surface area contributed by atoms with Gasteiger partial charge in [0.25, 0.3) is 0 Å². The molecule has 0 radical (unpaired) electrons. The molecule has 4 heteroatoms. The molecule has 0 aromatic rings. The van der Waals surface area contributed by atoms with E-state index in [1.165, 1.54) is 6.08 Å². The first-order chi connectivity index (χ1) is 7.81. The first-order valence-corrected chi connectivity index (χ1v) is 5.51. The Morgan fingerprint density at radius 1 is 1.50 bits per heavy atom. The number of nitrogens with one attached hydrogen (secondary N) is 1. The van der Waals surface area contributed by atoms with Crippen molar-refractivity contribution < 1.29 is 4.39 Å². The largest absolute Gasteiger partial charge is 0.316 e. The van der Waals surface area contributed by atoms with E-state index in [9.17, 15) is 4.39 Å². The second-order valence-electron chi connectivity index (χ2n) is 3.94. The third-order valence-electron chi connectivity index (χ3n) is 2.83. The summed E-state index contributed by atoms with van der Waals surface area (Å²) < 4.78 is 12.9. The molecule has 2 aliphatic heterocycles. The number of rotatable bonds is 1. The summed E-state index contributed by atoms with van der Waals surface area (Å²) in [6.45, 7) is 1.95. The molecule has 0 aromatic carbocycles. The Morgan fingerprint density at radius 3 is 2.81 bits per heavy atom. The molecule has 0 bridgehead atoms. The highest BCUT2D eigenvalue weighted by atomic mass is 19.1. The molecule has 2 heterocycles. The van der Waals surface area contributed by atoms with Gasteiger partial charge in [0.15, 0.2) is 0 Å². The summed E-state index contributed by atoms with van der Waals surface area (Å²) in [6.07, 6.45) is 3.87. The Kier molecular flexibility index (Phi) is 3.47. The lowest BCUT2D eigenvalue weighted by atomic mass is 9.95. The van der Waals surface area contributed by atoms with Crippen LogP contribution in [0.1, 0.15) is 12.8 Å². The van der Waals surface area contributed by atoms with Crippen molar-refractivity contribution in [1.82, 2.24) is 5.32 Å². The van der Waals surface area contributed by atoms with E-state index in [1.807, 2.05) is 0 Å². The third-order valence-corrected chi connectivity index (χ3v) is 2.83. The lowest BCUT2D eigenvalue weighted by molar-refractivity contribution is 0.407. The molecule has 2 aliphatic rings. The molecule has 0 aliphatic carbocycles. The van der Waals surface area contributed by atoms with Gasteiger partial charge >= 0.3 is 0 Å². The Bertz CT molecular complexity index is 393. The first kappa shape index (κ1) is 11.0. The van der Waals surface area contributed by atoms with Crippen LogP contribution < -0.4 is 5.32 Å². The zero-order valence-corrected chi connectivity index (χ0v) is 9.04. The molecule has 0 spiro atoms. The summed E-state index contributed by atoms with van der Waals surface area (Å²) in [5.74, 6) is 0. The number of hydrogen-bond acceptors (Lipinski definition) is 3. The molecule has 3 nitrogen and oxygen atoms in total. The van der Waals surface area contributed by atoms with Gasteiger partial charge in [-0.25, -0.2) is 4.39 Å². The lowest BCUT2D eigenvalue weighted by Gasteiger charge is -2.18. The Hall–Kier alpha value is -1.47. The maximum atomic E-state index is 12.9. The van der Waals surface area contributed by atoms with Crippen LogP contribution in [0, 0.1) is 11.3 Å². The summed E-state index contributed by atoms with van der Waals surface area (Å²) in [6, 6.07) is 2.20. The number of hydrogen-bond donors (Lipinski definition) is 1. The molecule has 2 rings (SSSR count). The fraction of sp³-hybridized carbons (Fsp3) is 0.500. The number of aliphatic imine (C=N–C) groups is 1.